The van der Waals surface area contributed by atoms with Crippen molar-refractivity contribution in [1.82, 2.24) is 0 Å². The number of hydrogen-bond acceptors (Lipinski definition) is 3. The van der Waals surface area contributed by atoms with E-state index in [9.17, 15) is 5.11 Å². The lowest BCUT2D eigenvalue weighted by molar-refractivity contribution is -0.0620. The first-order valence-electron chi connectivity index (χ1n) is 4.93. The lowest BCUT2D eigenvalue weighted by atomic mass is 10.0. The van der Waals surface area contributed by atoms with Crippen molar-refractivity contribution in [2.45, 2.75) is 31.5 Å². The van der Waals surface area contributed by atoms with Crippen LogP contribution in [0.4, 0.5) is 0 Å². The van der Waals surface area contributed by atoms with Gasteiger partial charge in [-0.2, -0.15) is 0 Å². The van der Waals surface area contributed by atoms with Gasteiger partial charge in [0.25, 0.3) is 0 Å². The highest BCUT2D eigenvalue weighted by Crippen LogP contribution is 2.38. The summed E-state index contributed by atoms with van der Waals surface area (Å²) in [6, 6.07) is 1.96. The standard InChI is InChI=1S/C10H12Br2O2S/c11-6-5-8(15-10(6)12)9(13)7-3-1-2-4-14-7/h5,7,9,13H,1-4H2. The summed E-state index contributed by atoms with van der Waals surface area (Å²) in [5.74, 6) is 0. The number of hydrogen-bond donors (Lipinski definition) is 1. The van der Waals surface area contributed by atoms with Crippen LogP contribution in [0.2, 0.25) is 0 Å². The average Bonchev–Trinajstić information content (AvgIpc) is 2.59. The van der Waals surface area contributed by atoms with Crippen LogP contribution in [0.25, 0.3) is 0 Å². The maximum absolute atomic E-state index is 10.1. The van der Waals surface area contributed by atoms with Gasteiger partial charge in [0.1, 0.15) is 6.10 Å². The molecule has 0 bridgehead atoms. The normalized spacial score (nSPS) is 24.1. The quantitative estimate of drug-likeness (QED) is 0.872. The molecule has 1 aliphatic rings. The highest BCUT2D eigenvalue weighted by Gasteiger charge is 2.25. The van der Waals surface area contributed by atoms with E-state index < -0.39 is 6.10 Å². The highest BCUT2D eigenvalue weighted by molar-refractivity contribution is 9.13. The lowest BCUT2D eigenvalue weighted by Crippen LogP contribution is -2.25. The van der Waals surface area contributed by atoms with Crippen LogP contribution in [0.15, 0.2) is 14.3 Å². The van der Waals surface area contributed by atoms with Crippen LogP contribution in [-0.4, -0.2) is 17.8 Å². The zero-order valence-corrected chi connectivity index (χ0v) is 12.1. The first kappa shape index (κ1) is 12.0. The molecule has 1 fully saturated rings. The Morgan fingerprint density at radius 3 is 2.80 bits per heavy atom. The zero-order chi connectivity index (χ0) is 10.8. The van der Waals surface area contributed by atoms with Crippen molar-refractivity contribution in [3.05, 3.63) is 19.2 Å². The Bertz CT molecular complexity index is 315. The molecule has 1 aliphatic heterocycles. The molecule has 0 aromatic carbocycles. The van der Waals surface area contributed by atoms with E-state index in [0.717, 1.165) is 39.0 Å². The van der Waals surface area contributed by atoms with Gasteiger partial charge < -0.3 is 9.84 Å². The minimum atomic E-state index is -0.488. The Hall–Kier alpha value is 0.580. The van der Waals surface area contributed by atoms with Crippen LogP contribution < -0.4 is 0 Å². The summed E-state index contributed by atoms with van der Waals surface area (Å²) in [5.41, 5.74) is 0. The third-order valence-corrected chi connectivity index (χ3v) is 5.85. The molecule has 0 spiro atoms. The molecule has 0 aliphatic carbocycles. The Morgan fingerprint density at radius 2 is 2.27 bits per heavy atom. The van der Waals surface area contributed by atoms with Gasteiger partial charge in [0.05, 0.1) is 9.89 Å². The van der Waals surface area contributed by atoms with E-state index in [2.05, 4.69) is 31.9 Å². The van der Waals surface area contributed by atoms with Crippen molar-refractivity contribution < 1.29 is 9.84 Å². The summed E-state index contributed by atoms with van der Waals surface area (Å²) < 4.78 is 7.59. The van der Waals surface area contributed by atoms with Crippen molar-refractivity contribution in [2.75, 3.05) is 6.61 Å². The fourth-order valence-electron chi connectivity index (χ4n) is 1.71. The second kappa shape index (κ2) is 5.27. The first-order valence-corrected chi connectivity index (χ1v) is 7.33. The maximum atomic E-state index is 10.1. The average molecular weight is 356 g/mol. The molecule has 1 saturated heterocycles. The minimum absolute atomic E-state index is 0.0313. The third-order valence-electron chi connectivity index (χ3n) is 2.52. The molecule has 1 aromatic heterocycles. The molecule has 2 unspecified atom stereocenters. The van der Waals surface area contributed by atoms with Gasteiger partial charge in [-0.3, -0.25) is 0 Å². The minimum Gasteiger partial charge on any atom is -0.385 e. The summed E-state index contributed by atoms with van der Waals surface area (Å²) in [4.78, 5) is 0.959. The SMILES string of the molecule is OC(c1cc(Br)c(Br)s1)C1CCCCO1. The summed E-state index contributed by atoms with van der Waals surface area (Å²) in [6.07, 6.45) is 2.69. The van der Waals surface area contributed by atoms with E-state index in [4.69, 9.17) is 4.74 Å². The maximum Gasteiger partial charge on any atom is 0.114 e. The van der Waals surface area contributed by atoms with Crippen LogP contribution in [0.3, 0.4) is 0 Å². The second-order valence-electron chi connectivity index (χ2n) is 3.62. The van der Waals surface area contributed by atoms with E-state index in [-0.39, 0.29) is 6.10 Å². The van der Waals surface area contributed by atoms with Gasteiger partial charge in [0.2, 0.25) is 0 Å². The van der Waals surface area contributed by atoms with Gasteiger partial charge in [-0.1, -0.05) is 0 Å². The van der Waals surface area contributed by atoms with E-state index in [1.165, 1.54) is 0 Å². The molecule has 15 heavy (non-hydrogen) atoms. The molecule has 2 atom stereocenters. The third kappa shape index (κ3) is 2.82. The molecule has 0 amide bonds. The van der Waals surface area contributed by atoms with Gasteiger partial charge in [0.15, 0.2) is 0 Å². The van der Waals surface area contributed by atoms with Crippen LogP contribution in [0, 0.1) is 0 Å². The van der Waals surface area contributed by atoms with Gasteiger partial charge in [-0.05, 0) is 57.2 Å². The molecule has 0 saturated carbocycles. The molecular formula is C10H12Br2O2S. The Morgan fingerprint density at radius 1 is 1.47 bits per heavy atom. The van der Waals surface area contributed by atoms with Crippen LogP contribution in [0.1, 0.15) is 30.2 Å². The number of aliphatic hydroxyl groups is 1. The van der Waals surface area contributed by atoms with Crippen molar-refractivity contribution in [2.24, 2.45) is 0 Å². The van der Waals surface area contributed by atoms with Gasteiger partial charge in [0, 0.05) is 16.0 Å². The van der Waals surface area contributed by atoms with Crippen molar-refractivity contribution in [1.29, 1.82) is 0 Å². The van der Waals surface area contributed by atoms with Gasteiger partial charge >= 0.3 is 0 Å². The molecule has 0 radical (unpaired) electrons. The highest BCUT2D eigenvalue weighted by atomic mass is 79.9. The predicted octanol–water partition coefficient (Wildman–Crippen LogP) is 3.88. The summed E-state index contributed by atoms with van der Waals surface area (Å²) >= 11 is 8.40. The van der Waals surface area contributed by atoms with Crippen molar-refractivity contribution in [3.8, 4) is 0 Å². The largest absolute Gasteiger partial charge is 0.385 e. The van der Waals surface area contributed by atoms with E-state index in [1.807, 2.05) is 6.07 Å². The Kier molecular flexibility index (Phi) is 4.24. The summed E-state index contributed by atoms with van der Waals surface area (Å²) in [5, 5.41) is 10.1. The van der Waals surface area contributed by atoms with Gasteiger partial charge in [-0.25, -0.2) is 0 Å². The molecule has 1 aromatic rings. The fraction of sp³-hybridized carbons (Fsp3) is 0.600. The van der Waals surface area contributed by atoms with E-state index in [1.54, 1.807) is 11.3 Å². The smallest absolute Gasteiger partial charge is 0.114 e. The molecule has 84 valence electrons. The molecule has 1 N–H and O–H groups in total. The number of aliphatic hydroxyl groups excluding tert-OH is 1. The number of halogens is 2. The number of ether oxygens (including phenoxy) is 1. The topological polar surface area (TPSA) is 29.5 Å². The molecule has 2 rings (SSSR count). The van der Waals surface area contributed by atoms with E-state index >= 15 is 0 Å². The van der Waals surface area contributed by atoms with Crippen molar-refractivity contribution in [3.63, 3.8) is 0 Å². The summed E-state index contributed by atoms with van der Waals surface area (Å²) in [6.45, 7) is 0.773. The molecule has 5 heteroatoms. The fourth-order valence-corrected chi connectivity index (χ4v) is 3.84. The zero-order valence-electron chi connectivity index (χ0n) is 8.08. The number of thiophene rings is 1. The first-order chi connectivity index (χ1) is 7.18. The van der Waals surface area contributed by atoms with Gasteiger partial charge in [-0.15, -0.1) is 11.3 Å². The summed E-state index contributed by atoms with van der Waals surface area (Å²) in [7, 11) is 0. The van der Waals surface area contributed by atoms with Crippen LogP contribution in [0.5, 0.6) is 0 Å². The number of rotatable bonds is 2. The van der Waals surface area contributed by atoms with Crippen LogP contribution >= 0.6 is 43.2 Å². The second-order valence-corrected chi connectivity index (χ2v) is 6.88. The van der Waals surface area contributed by atoms with E-state index in [0.29, 0.717) is 0 Å². The molecule has 2 nitrogen and oxygen atoms in total. The molecular weight excluding hydrogens is 344 g/mol. The Labute approximate surface area is 110 Å². The van der Waals surface area contributed by atoms with Crippen LogP contribution in [-0.2, 0) is 4.74 Å². The predicted molar refractivity (Wildman–Crippen MR) is 68.3 cm³/mol. The Balaban J connectivity index is 2.08. The van der Waals surface area contributed by atoms with Crippen molar-refractivity contribution >= 4 is 43.2 Å². The molecule has 2 heterocycles. The lowest BCUT2D eigenvalue weighted by Gasteiger charge is -2.26. The monoisotopic (exact) mass is 354 g/mol.